The molecule has 32 heavy (non-hydrogen) atoms. The van der Waals surface area contributed by atoms with Gasteiger partial charge < -0.3 is 9.47 Å². The number of hydrogen-bond donors (Lipinski definition) is 0. The molecule has 3 aliphatic rings. The third-order valence-electron chi connectivity index (χ3n) is 8.03. The van der Waals surface area contributed by atoms with Crippen LogP contribution in [0.2, 0.25) is 0 Å². The molecule has 0 unspecified atom stereocenters. The molecule has 0 fully saturated rings. The molecular formula is C29H44O3. The van der Waals surface area contributed by atoms with Crippen LogP contribution in [0.4, 0.5) is 0 Å². The Hall–Kier alpha value is -1.77. The molecule has 1 heterocycles. The van der Waals surface area contributed by atoms with Crippen molar-refractivity contribution in [3.05, 3.63) is 46.5 Å². The summed E-state index contributed by atoms with van der Waals surface area (Å²) < 4.78 is 12.7. The molecule has 3 rings (SSSR count). The largest absolute Gasteiger partial charge is 0.500 e. The molecule has 0 aromatic carbocycles. The summed E-state index contributed by atoms with van der Waals surface area (Å²) in [5.74, 6) is 2.45. The van der Waals surface area contributed by atoms with Crippen LogP contribution in [0.3, 0.4) is 0 Å². The third kappa shape index (κ3) is 4.24. The van der Waals surface area contributed by atoms with E-state index in [9.17, 15) is 4.79 Å². The average Bonchev–Trinajstić information content (AvgIpc) is 2.70. The van der Waals surface area contributed by atoms with Gasteiger partial charge in [0.15, 0.2) is 5.78 Å². The Bertz CT molecular complexity index is 893. The molecule has 0 aromatic heterocycles. The number of ketones is 1. The van der Waals surface area contributed by atoms with E-state index in [2.05, 4.69) is 73.6 Å². The Morgan fingerprint density at radius 1 is 1.09 bits per heavy atom. The lowest BCUT2D eigenvalue weighted by molar-refractivity contribution is -0.125. The molecule has 178 valence electrons. The fourth-order valence-corrected chi connectivity index (χ4v) is 6.18. The number of hydrogen-bond acceptors (Lipinski definition) is 3. The molecule has 3 heteroatoms. The number of ether oxygens (including phenoxy) is 2. The molecule has 3 atom stereocenters. The van der Waals surface area contributed by atoms with Crippen LogP contribution in [0, 0.1) is 28.6 Å². The van der Waals surface area contributed by atoms with Gasteiger partial charge in [-0.25, -0.2) is 0 Å². The smallest absolute Gasteiger partial charge is 0.191 e. The third-order valence-corrected chi connectivity index (χ3v) is 8.03. The van der Waals surface area contributed by atoms with Crippen LogP contribution in [0.25, 0.3) is 0 Å². The molecule has 0 saturated heterocycles. The van der Waals surface area contributed by atoms with Gasteiger partial charge >= 0.3 is 0 Å². The Morgan fingerprint density at radius 3 is 2.34 bits per heavy atom. The van der Waals surface area contributed by atoms with Gasteiger partial charge in [-0.1, -0.05) is 51.5 Å². The topological polar surface area (TPSA) is 35.5 Å². The molecule has 0 amide bonds. The minimum absolute atomic E-state index is 0.107. The van der Waals surface area contributed by atoms with Crippen molar-refractivity contribution in [1.29, 1.82) is 0 Å². The minimum Gasteiger partial charge on any atom is -0.500 e. The van der Waals surface area contributed by atoms with Crippen molar-refractivity contribution in [2.45, 2.75) is 93.6 Å². The highest BCUT2D eigenvalue weighted by molar-refractivity contribution is 6.10. The lowest BCUT2D eigenvalue weighted by Gasteiger charge is -2.53. The van der Waals surface area contributed by atoms with Gasteiger partial charge in [0.25, 0.3) is 0 Å². The van der Waals surface area contributed by atoms with Crippen molar-refractivity contribution in [2.75, 3.05) is 7.11 Å². The zero-order chi connectivity index (χ0) is 24.1. The van der Waals surface area contributed by atoms with E-state index in [-0.39, 0.29) is 28.6 Å². The van der Waals surface area contributed by atoms with E-state index < -0.39 is 5.41 Å². The number of Topliss-reactive ketones (excluding diaryl/α,β-unsaturated/α-hetero) is 1. The highest BCUT2D eigenvalue weighted by Crippen LogP contribution is 2.56. The summed E-state index contributed by atoms with van der Waals surface area (Å²) in [5.41, 5.74) is 2.35. The summed E-state index contributed by atoms with van der Waals surface area (Å²) in [4.78, 5) is 13.7. The second-order valence-corrected chi connectivity index (χ2v) is 12.0. The lowest BCUT2D eigenvalue weighted by atomic mass is 9.61. The van der Waals surface area contributed by atoms with E-state index in [0.29, 0.717) is 5.92 Å². The maximum Gasteiger partial charge on any atom is 0.191 e. The number of allylic oxidation sites excluding steroid dienone is 5. The van der Waals surface area contributed by atoms with Crippen LogP contribution in [-0.2, 0) is 14.3 Å². The summed E-state index contributed by atoms with van der Waals surface area (Å²) in [6.07, 6.45) is 11.0. The summed E-state index contributed by atoms with van der Waals surface area (Å²) in [5, 5.41) is 0. The van der Waals surface area contributed by atoms with Gasteiger partial charge in [-0.2, -0.15) is 0 Å². The molecule has 2 aliphatic carbocycles. The fourth-order valence-electron chi connectivity index (χ4n) is 6.18. The summed E-state index contributed by atoms with van der Waals surface area (Å²) in [6, 6.07) is 0. The van der Waals surface area contributed by atoms with Gasteiger partial charge in [0, 0.05) is 29.4 Å². The maximum atomic E-state index is 13.7. The first kappa shape index (κ1) is 24.9. The van der Waals surface area contributed by atoms with Gasteiger partial charge in [-0.15, -0.1) is 0 Å². The molecule has 0 spiro atoms. The van der Waals surface area contributed by atoms with Crippen LogP contribution < -0.4 is 0 Å². The van der Waals surface area contributed by atoms with E-state index in [1.165, 1.54) is 5.57 Å². The quantitative estimate of drug-likeness (QED) is 0.416. The van der Waals surface area contributed by atoms with E-state index in [1.807, 2.05) is 6.92 Å². The SMILES string of the molecule is COC1=C(C)C(=O)C2=C(O[C@@]3(C)C/C=C/C(C)(C)C/C=C(\C)CC[C@@H]3[C@@H]2C(C)C)C1(C)C. The Labute approximate surface area is 196 Å². The van der Waals surface area contributed by atoms with Crippen LogP contribution in [-0.4, -0.2) is 18.5 Å². The predicted molar refractivity (Wildman–Crippen MR) is 132 cm³/mol. The highest BCUT2D eigenvalue weighted by atomic mass is 16.5. The number of carbonyl (C=O) groups excluding carboxylic acids is 1. The first-order valence-corrected chi connectivity index (χ1v) is 12.3. The van der Waals surface area contributed by atoms with Crippen molar-refractivity contribution in [1.82, 2.24) is 0 Å². The fraction of sp³-hybridized carbons (Fsp3) is 0.690. The lowest BCUT2D eigenvalue weighted by Crippen LogP contribution is -2.52. The molecule has 0 saturated carbocycles. The second kappa shape index (κ2) is 8.54. The maximum absolute atomic E-state index is 13.7. The number of carbonyl (C=O) groups is 1. The first-order valence-electron chi connectivity index (χ1n) is 12.3. The molecule has 0 radical (unpaired) electrons. The Balaban J connectivity index is 2.19. The van der Waals surface area contributed by atoms with Crippen molar-refractivity contribution in [3.63, 3.8) is 0 Å². The second-order valence-electron chi connectivity index (χ2n) is 12.0. The van der Waals surface area contributed by atoms with Crippen molar-refractivity contribution >= 4 is 5.78 Å². The van der Waals surface area contributed by atoms with E-state index in [1.54, 1.807) is 7.11 Å². The van der Waals surface area contributed by atoms with Crippen LogP contribution in [0.1, 0.15) is 88.0 Å². The van der Waals surface area contributed by atoms with E-state index >= 15 is 0 Å². The molecule has 0 N–H and O–H groups in total. The van der Waals surface area contributed by atoms with Gasteiger partial charge in [0.2, 0.25) is 0 Å². The van der Waals surface area contributed by atoms with E-state index in [0.717, 1.165) is 48.3 Å². The van der Waals surface area contributed by atoms with Gasteiger partial charge in [0.05, 0.1) is 12.5 Å². The van der Waals surface area contributed by atoms with Gasteiger partial charge in [0.1, 0.15) is 17.1 Å². The predicted octanol–water partition coefficient (Wildman–Crippen LogP) is 7.55. The van der Waals surface area contributed by atoms with E-state index in [4.69, 9.17) is 9.47 Å². The average molecular weight is 441 g/mol. The standard InChI is InChI=1S/C29H44O3/c1-18(2)22-21-13-12-19(3)14-17-27(5,6)15-11-16-29(21,9)32-26-23(22)24(30)20(4)25(31-10)28(26,7)8/h11,14-15,18,21-22H,12-13,16-17H2,1-10H3/b15-11+,19-14+/t21-,22+,29+/m1/s1. The summed E-state index contributed by atoms with van der Waals surface area (Å²) in [7, 11) is 1.67. The normalized spacial score (nSPS) is 35.2. The van der Waals surface area contributed by atoms with Crippen LogP contribution in [0.5, 0.6) is 0 Å². The van der Waals surface area contributed by atoms with Crippen LogP contribution >= 0.6 is 0 Å². The zero-order valence-corrected chi connectivity index (χ0v) is 22.0. The minimum atomic E-state index is -0.464. The molecule has 3 nitrogen and oxygen atoms in total. The molecule has 1 aliphatic heterocycles. The number of fused-ring (bicyclic) bond motifs is 1. The van der Waals surface area contributed by atoms with Gasteiger partial charge in [-0.3, -0.25) is 4.79 Å². The molecule has 0 aromatic rings. The molecular weight excluding hydrogens is 396 g/mol. The zero-order valence-electron chi connectivity index (χ0n) is 22.0. The first-order chi connectivity index (χ1) is 14.7. The Kier molecular flexibility index (Phi) is 6.63. The monoisotopic (exact) mass is 440 g/mol. The van der Waals surface area contributed by atoms with Crippen molar-refractivity contribution < 1.29 is 14.3 Å². The van der Waals surface area contributed by atoms with Gasteiger partial charge in [-0.05, 0) is 65.2 Å². The molecule has 0 bridgehead atoms. The summed E-state index contributed by atoms with van der Waals surface area (Å²) >= 11 is 0. The number of methoxy groups -OCH3 is 1. The van der Waals surface area contributed by atoms with Crippen molar-refractivity contribution in [3.8, 4) is 0 Å². The Morgan fingerprint density at radius 2 is 1.75 bits per heavy atom. The highest BCUT2D eigenvalue weighted by Gasteiger charge is 2.55. The van der Waals surface area contributed by atoms with Crippen LogP contribution in [0.15, 0.2) is 46.5 Å². The summed E-state index contributed by atoms with van der Waals surface area (Å²) in [6.45, 7) is 19.8. The van der Waals surface area contributed by atoms with Crippen molar-refractivity contribution in [2.24, 2.45) is 28.6 Å². The number of rotatable bonds is 2.